The van der Waals surface area contributed by atoms with E-state index in [1.807, 2.05) is 6.21 Å². The number of nitrogens with one attached hydrogen (secondary N) is 2. The first kappa shape index (κ1) is 16.5. The van der Waals surface area contributed by atoms with E-state index in [0.717, 1.165) is 19.3 Å². The van der Waals surface area contributed by atoms with Crippen molar-refractivity contribution >= 4 is 18.0 Å². The second-order valence-electron chi connectivity index (χ2n) is 8.20. The number of carbonyl (C=O) groups is 2. The van der Waals surface area contributed by atoms with E-state index < -0.39 is 6.04 Å². The summed E-state index contributed by atoms with van der Waals surface area (Å²) in [6.07, 6.45) is 9.00. The highest BCUT2D eigenvalue weighted by Crippen LogP contribution is 2.65. The number of rotatable bonds is 7. The lowest BCUT2D eigenvalue weighted by atomic mass is 9.79. The molecular weight excluding hydrogens is 290 g/mol. The van der Waals surface area contributed by atoms with E-state index in [1.54, 1.807) is 7.05 Å². The Kier molecular flexibility index (Phi) is 4.23. The molecule has 0 saturated heterocycles. The molecule has 0 aliphatic heterocycles. The average molecular weight is 319 g/mol. The van der Waals surface area contributed by atoms with Crippen LogP contribution in [0.1, 0.15) is 58.8 Å². The van der Waals surface area contributed by atoms with E-state index in [1.165, 1.54) is 19.3 Å². The second kappa shape index (κ2) is 5.91. The van der Waals surface area contributed by atoms with Gasteiger partial charge in [0.2, 0.25) is 11.8 Å². The molecule has 23 heavy (non-hydrogen) atoms. The highest BCUT2D eigenvalue weighted by Gasteiger charge is 2.61. The molecule has 0 aromatic rings. The number of hydrogen-bond acceptors (Lipinski definition) is 3. The minimum atomic E-state index is -0.428. The van der Waals surface area contributed by atoms with Gasteiger partial charge in [0.25, 0.3) is 0 Å². The molecule has 2 amide bonds. The Morgan fingerprint density at radius 3 is 2.39 bits per heavy atom. The zero-order valence-corrected chi connectivity index (χ0v) is 14.5. The van der Waals surface area contributed by atoms with E-state index in [-0.39, 0.29) is 23.3 Å². The minimum absolute atomic E-state index is 0.0623. The largest absolute Gasteiger partial charge is 0.344 e. The Balaban J connectivity index is 1.58. The second-order valence-corrected chi connectivity index (χ2v) is 8.20. The van der Waals surface area contributed by atoms with Gasteiger partial charge < -0.3 is 10.6 Å². The summed E-state index contributed by atoms with van der Waals surface area (Å²) in [4.78, 5) is 29.2. The lowest BCUT2D eigenvalue weighted by molar-refractivity contribution is -0.131. The molecule has 1 spiro atoms. The van der Waals surface area contributed by atoms with Crippen molar-refractivity contribution in [3.63, 3.8) is 0 Å². The maximum atomic E-state index is 12.6. The zero-order valence-electron chi connectivity index (χ0n) is 14.5. The monoisotopic (exact) mass is 319 g/mol. The van der Waals surface area contributed by atoms with Crippen LogP contribution in [0.5, 0.6) is 0 Å². The van der Waals surface area contributed by atoms with Crippen LogP contribution in [-0.2, 0) is 9.59 Å². The third kappa shape index (κ3) is 3.43. The average Bonchev–Trinajstić information content (AvgIpc) is 3.30. The Morgan fingerprint density at radius 1 is 1.26 bits per heavy atom. The molecule has 2 N–H and O–H groups in total. The Hall–Kier alpha value is -1.39. The maximum absolute atomic E-state index is 12.6. The van der Waals surface area contributed by atoms with E-state index in [2.05, 4.69) is 29.5 Å². The van der Waals surface area contributed by atoms with Crippen molar-refractivity contribution in [2.75, 3.05) is 7.05 Å². The fourth-order valence-corrected chi connectivity index (χ4v) is 3.88. The van der Waals surface area contributed by atoms with E-state index in [4.69, 9.17) is 0 Å². The van der Waals surface area contributed by atoms with Crippen LogP contribution < -0.4 is 10.6 Å². The molecule has 3 saturated carbocycles. The fraction of sp³-hybridized carbons (Fsp3) is 0.833. The van der Waals surface area contributed by atoms with Crippen molar-refractivity contribution in [1.82, 2.24) is 10.6 Å². The van der Waals surface area contributed by atoms with Gasteiger partial charge in [-0.2, -0.15) is 0 Å². The normalized spacial score (nSPS) is 27.6. The van der Waals surface area contributed by atoms with Crippen LogP contribution in [-0.4, -0.2) is 36.7 Å². The number of nitrogens with zero attached hydrogens (tertiary/aromatic N) is 1. The van der Waals surface area contributed by atoms with Crippen molar-refractivity contribution in [1.29, 1.82) is 0 Å². The molecular formula is C18H29N3O2. The zero-order chi connectivity index (χ0) is 16.7. The summed E-state index contributed by atoms with van der Waals surface area (Å²) >= 11 is 0. The minimum Gasteiger partial charge on any atom is -0.344 e. The summed E-state index contributed by atoms with van der Waals surface area (Å²) < 4.78 is 0. The molecule has 5 heteroatoms. The highest BCUT2D eigenvalue weighted by atomic mass is 16.2. The van der Waals surface area contributed by atoms with Crippen molar-refractivity contribution < 1.29 is 9.59 Å². The van der Waals surface area contributed by atoms with Crippen LogP contribution in [0.2, 0.25) is 0 Å². The summed E-state index contributed by atoms with van der Waals surface area (Å²) in [5, 5.41) is 6.11. The van der Waals surface area contributed by atoms with Crippen LogP contribution in [0.3, 0.4) is 0 Å². The fourth-order valence-electron chi connectivity index (χ4n) is 3.88. The topological polar surface area (TPSA) is 70.6 Å². The summed E-state index contributed by atoms with van der Waals surface area (Å²) in [7, 11) is 1.73. The number of carbonyl (C=O) groups excluding carboxylic acids is 2. The van der Waals surface area contributed by atoms with Crippen molar-refractivity contribution in [3.05, 3.63) is 0 Å². The molecule has 3 aliphatic rings. The molecule has 5 nitrogen and oxygen atoms in total. The standard InChI is InChI=1S/C18H29N3O2/c1-12(2)9-14(16(23)21-18(7-8-18)11-19-3)20-15(22)13-10-17(13)5-4-6-17/h11-14H,4-10H2,1-3H3,(H,20,22)(H,21,23)/t13?,14-/m0/s1. The molecule has 1 unspecified atom stereocenters. The summed E-state index contributed by atoms with van der Waals surface area (Å²) in [6, 6.07) is -0.428. The lowest BCUT2D eigenvalue weighted by Crippen LogP contribution is -2.52. The molecule has 128 valence electrons. The molecule has 3 fully saturated rings. The smallest absolute Gasteiger partial charge is 0.243 e. The van der Waals surface area contributed by atoms with Gasteiger partial charge in [-0.3, -0.25) is 14.6 Å². The third-order valence-corrected chi connectivity index (χ3v) is 5.73. The number of amides is 2. The van der Waals surface area contributed by atoms with Crippen LogP contribution in [0.4, 0.5) is 0 Å². The molecule has 3 rings (SSSR count). The van der Waals surface area contributed by atoms with Gasteiger partial charge in [0.15, 0.2) is 0 Å². The first-order chi connectivity index (χ1) is 10.9. The van der Waals surface area contributed by atoms with Gasteiger partial charge in [0.1, 0.15) is 6.04 Å². The number of aliphatic imine (C=N–C) groups is 1. The first-order valence-corrected chi connectivity index (χ1v) is 8.95. The third-order valence-electron chi connectivity index (χ3n) is 5.73. The molecule has 3 aliphatic carbocycles. The van der Waals surface area contributed by atoms with Crippen LogP contribution in [0.25, 0.3) is 0 Å². The predicted octanol–water partition coefficient (Wildman–Crippen LogP) is 2.06. The Labute approximate surface area is 138 Å². The summed E-state index contributed by atoms with van der Waals surface area (Å²) in [5.41, 5.74) is 0.0378. The molecule has 0 bridgehead atoms. The van der Waals surface area contributed by atoms with Crippen molar-refractivity contribution in [3.8, 4) is 0 Å². The Morgan fingerprint density at radius 2 is 1.96 bits per heavy atom. The van der Waals surface area contributed by atoms with Gasteiger partial charge in [-0.15, -0.1) is 0 Å². The highest BCUT2D eigenvalue weighted by molar-refractivity contribution is 5.93. The number of hydrogen-bond donors (Lipinski definition) is 2. The molecule has 0 aromatic heterocycles. The molecule has 2 atom stereocenters. The van der Waals surface area contributed by atoms with Crippen LogP contribution in [0.15, 0.2) is 4.99 Å². The van der Waals surface area contributed by atoms with Crippen molar-refractivity contribution in [2.45, 2.75) is 70.4 Å². The van der Waals surface area contributed by atoms with Gasteiger partial charge in [-0.25, -0.2) is 0 Å². The molecule has 0 aromatic carbocycles. The van der Waals surface area contributed by atoms with E-state index >= 15 is 0 Å². The molecule has 0 heterocycles. The maximum Gasteiger partial charge on any atom is 0.243 e. The quantitative estimate of drug-likeness (QED) is 0.705. The van der Waals surface area contributed by atoms with Crippen LogP contribution in [0, 0.1) is 17.3 Å². The first-order valence-electron chi connectivity index (χ1n) is 8.95. The Bertz CT molecular complexity index is 518. The van der Waals surface area contributed by atoms with Gasteiger partial charge in [0, 0.05) is 19.2 Å². The molecule has 0 radical (unpaired) electrons. The van der Waals surface area contributed by atoms with Gasteiger partial charge >= 0.3 is 0 Å². The predicted molar refractivity (Wildman–Crippen MR) is 90.3 cm³/mol. The van der Waals surface area contributed by atoms with E-state index in [0.29, 0.717) is 17.8 Å². The van der Waals surface area contributed by atoms with Gasteiger partial charge in [0.05, 0.1) is 5.54 Å². The van der Waals surface area contributed by atoms with Crippen molar-refractivity contribution in [2.24, 2.45) is 22.2 Å². The lowest BCUT2D eigenvalue weighted by Gasteiger charge is -2.27. The van der Waals surface area contributed by atoms with Gasteiger partial charge in [-0.05, 0) is 49.9 Å². The van der Waals surface area contributed by atoms with Gasteiger partial charge in [-0.1, -0.05) is 20.3 Å². The SMILES string of the molecule is CN=CC1(NC(=O)[C@H](CC(C)C)NC(=O)C2CC23CCC3)CC1. The van der Waals surface area contributed by atoms with E-state index in [9.17, 15) is 9.59 Å². The summed E-state index contributed by atoms with van der Waals surface area (Å²) in [6.45, 7) is 4.16. The van der Waals surface area contributed by atoms with Crippen LogP contribution >= 0.6 is 0 Å². The summed E-state index contributed by atoms with van der Waals surface area (Å²) in [5.74, 6) is 0.524.